The molecule has 4 N–H and O–H groups in total. The van der Waals surface area contributed by atoms with Crippen LogP contribution in [0.25, 0.3) is 11.0 Å². The number of hydrogen-bond acceptors (Lipinski definition) is 4. The number of carbonyl (C=O) groups excluding carboxylic acids is 1. The van der Waals surface area contributed by atoms with E-state index in [0.29, 0.717) is 28.2 Å². The highest BCUT2D eigenvalue weighted by Crippen LogP contribution is 2.31. The van der Waals surface area contributed by atoms with Crippen molar-refractivity contribution in [2.24, 2.45) is 0 Å². The number of rotatable bonds is 5. The lowest BCUT2D eigenvalue weighted by Crippen LogP contribution is -2.27. The minimum absolute atomic E-state index is 0.175. The summed E-state index contributed by atoms with van der Waals surface area (Å²) in [4.78, 5) is 17.8. The van der Waals surface area contributed by atoms with Crippen LogP contribution in [0.15, 0.2) is 18.5 Å². The third-order valence-electron chi connectivity index (χ3n) is 3.05. The van der Waals surface area contributed by atoms with Crippen molar-refractivity contribution in [2.75, 3.05) is 6.54 Å². The third kappa shape index (κ3) is 3.09. The van der Waals surface area contributed by atoms with Crippen molar-refractivity contribution in [1.29, 1.82) is 0 Å². The summed E-state index contributed by atoms with van der Waals surface area (Å²) in [6.45, 7) is 1.69. The molecular formula is C13H16ClN3O3. The van der Waals surface area contributed by atoms with E-state index in [9.17, 15) is 15.0 Å². The van der Waals surface area contributed by atoms with Crippen LogP contribution in [-0.4, -0.2) is 38.7 Å². The summed E-state index contributed by atoms with van der Waals surface area (Å²) >= 11 is 6.09. The highest BCUT2D eigenvalue weighted by molar-refractivity contribution is 6.35. The molecule has 2 aromatic rings. The number of fused-ring (bicyclic) bond motifs is 1. The zero-order valence-electron chi connectivity index (χ0n) is 10.9. The maximum absolute atomic E-state index is 10.8. The quantitative estimate of drug-likeness (QED) is 0.665. The fourth-order valence-electron chi connectivity index (χ4n) is 2.04. The molecule has 0 bridgehead atoms. The molecule has 2 atom stereocenters. The van der Waals surface area contributed by atoms with E-state index in [1.165, 1.54) is 6.92 Å². The lowest BCUT2D eigenvalue weighted by Gasteiger charge is -2.17. The molecule has 2 heterocycles. The molecule has 2 rings (SSSR count). The summed E-state index contributed by atoms with van der Waals surface area (Å²) in [7, 11) is 0. The highest BCUT2D eigenvalue weighted by atomic mass is 35.5. The number of nitrogens with zero attached hydrogens (tertiary/aromatic N) is 1. The molecule has 0 radical (unpaired) electrons. The minimum Gasteiger partial charge on any atom is -0.390 e. The molecule has 20 heavy (non-hydrogen) atoms. The van der Waals surface area contributed by atoms with Crippen LogP contribution in [0.5, 0.6) is 0 Å². The van der Waals surface area contributed by atoms with Crippen LogP contribution in [0.2, 0.25) is 5.02 Å². The zero-order chi connectivity index (χ0) is 14.7. The molecule has 0 fully saturated rings. The Labute approximate surface area is 120 Å². The molecular weight excluding hydrogens is 282 g/mol. The van der Waals surface area contributed by atoms with Crippen LogP contribution >= 0.6 is 11.6 Å². The average Bonchev–Trinajstić information content (AvgIpc) is 2.82. The highest BCUT2D eigenvalue weighted by Gasteiger charge is 2.22. The topological polar surface area (TPSA) is 98.2 Å². The Hall–Kier alpha value is -1.63. The first-order valence-electron chi connectivity index (χ1n) is 6.22. The maximum Gasteiger partial charge on any atom is 0.216 e. The van der Waals surface area contributed by atoms with Gasteiger partial charge in [-0.3, -0.25) is 4.79 Å². The van der Waals surface area contributed by atoms with Crippen molar-refractivity contribution in [2.45, 2.75) is 25.6 Å². The largest absolute Gasteiger partial charge is 0.390 e. The molecule has 7 heteroatoms. The average molecular weight is 298 g/mol. The first kappa shape index (κ1) is 14.8. The van der Waals surface area contributed by atoms with Crippen LogP contribution in [0.4, 0.5) is 0 Å². The van der Waals surface area contributed by atoms with E-state index in [2.05, 4.69) is 15.3 Å². The summed E-state index contributed by atoms with van der Waals surface area (Å²) in [6, 6.07) is 1.62. The molecule has 0 saturated heterocycles. The normalized spacial score (nSPS) is 14.2. The van der Waals surface area contributed by atoms with E-state index >= 15 is 0 Å². The summed E-state index contributed by atoms with van der Waals surface area (Å²) in [6.07, 6.45) is 1.28. The predicted molar refractivity (Wildman–Crippen MR) is 75.4 cm³/mol. The Bertz CT molecular complexity index is 614. The van der Waals surface area contributed by atoms with Crippen molar-refractivity contribution in [3.05, 3.63) is 29.0 Å². The summed E-state index contributed by atoms with van der Waals surface area (Å²) in [5.74, 6) is -0.175. The molecule has 2 unspecified atom stereocenters. The number of nitrogens with one attached hydrogen (secondary N) is 2. The van der Waals surface area contributed by atoms with Crippen molar-refractivity contribution in [3.8, 4) is 0 Å². The standard InChI is InChI=1S/C13H16ClN3O3/c1-7(18)15-5-3-10(19)12(20)8-6-17-13-11(8)9(14)2-4-16-13/h2,4,6,10,12,19-20H,3,5H2,1H3,(H,15,18)(H,16,17). The number of aromatic amines is 1. The van der Waals surface area contributed by atoms with E-state index < -0.39 is 12.2 Å². The number of H-pyrrole nitrogens is 1. The maximum atomic E-state index is 10.8. The molecule has 0 aromatic carbocycles. The first-order chi connectivity index (χ1) is 9.50. The van der Waals surface area contributed by atoms with E-state index in [-0.39, 0.29) is 12.3 Å². The number of hydrogen-bond donors (Lipinski definition) is 4. The van der Waals surface area contributed by atoms with Gasteiger partial charge in [0.15, 0.2) is 0 Å². The first-order valence-corrected chi connectivity index (χ1v) is 6.60. The number of halogens is 1. The number of carbonyl (C=O) groups is 1. The predicted octanol–water partition coefficient (Wildman–Crippen LogP) is 1.14. The van der Waals surface area contributed by atoms with Gasteiger partial charge < -0.3 is 20.5 Å². The number of aliphatic hydroxyl groups is 2. The monoisotopic (exact) mass is 297 g/mol. The third-order valence-corrected chi connectivity index (χ3v) is 3.37. The Morgan fingerprint density at radius 1 is 1.55 bits per heavy atom. The van der Waals surface area contributed by atoms with Gasteiger partial charge in [-0.05, 0) is 12.5 Å². The van der Waals surface area contributed by atoms with Gasteiger partial charge in [0.1, 0.15) is 11.8 Å². The number of amides is 1. The van der Waals surface area contributed by atoms with Gasteiger partial charge in [0, 0.05) is 36.8 Å². The molecule has 1 amide bonds. The second kappa shape index (κ2) is 6.21. The molecule has 0 aliphatic rings. The van der Waals surface area contributed by atoms with Crippen LogP contribution in [0, 0.1) is 0 Å². The lowest BCUT2D eigenvalue weighted by molar-refractivity contribution is -0.119. The van der Waals surface area contributed by atoms with E-state index in [1.807, 2.05) is 0 Å². The summed E-state index contributed by atoms with van der Waals surface area (Å²) in [5, 5.41) is 23.8. The molecule has 0 saturated carbocycles. The van der Waals surface area contributed by atoms with Gasteiger partial charge in [0.25, 0.3) is 0 Å². The molecule has 0 aliphatic heterocycles. The van der Waals surface area contributed by atoms with Gasteiger partial charge in [-0.15, -0.1) is 0 Å². The van der Waals surface area contributed by atoms with E-state index in [4.69, 9.17) is 11.6 Å². The SMILES string of the molecule is CC(=O)NCCC(O)C(O)c1c[nH]c2nccc(Cl)c12. The lowest BCUT2D eigenvalue weighted by atomic mass is 10.0. The van der Waals surface area contributed by atoms with Crippen molar-refractivity contribution in [3.63, 3.8) is 0 Å². The Morgan fingerprint density at radius 2 is 2.30 bits per heavy atom. The fourth-order valence-corrected chi connectivity index (χ4v) is 2.29. The van der Waals surface area contributed by atoms with Crippen LogP contribution in [0.3, 0.4) is 0 Å². The summed E-state index contributed by atoms with van der Waals surface area (Å²) in [5.41, 5.74) is 1.05. The minimum atomic E-state index is -1.10. The number of aromatic nitrogens is 2. The van der Waals surface area contributed by atoms with E-state index in [0.717, 1.165) is 0 Å². The second-order valence-electron chi connectivity index (χ2n) is 4.54. The molecule has 2 aromatic heterocycles. The molecule has 0 spiro atoms. The Balaban J connectivity index is 2.14. The van der Waals surface area contributed by atoms with Crippen molar-refractivity contribution in [1.82, 2.24) is 15.3 Å². The van der Waals surface area contributed by atoms with Gasteiger partial charge in [-0.2, -0.15) is 0 Å². The van der Waals surface area contributed by atoms with Gasteiger partial charge in [-0.25, -0.2) is 4.98 Å². The number of pyridine rings is 1. The molecule has 0 aliphatic carbocycles. The van der Waals surface area contributed by atoms with Crippen LogP contribution in [-0.2, 0) is 4.79 Å². The zero-order valence-corrected chi connectivity index (χ0v) is 11.7. The summed E-state index contributed by atoms with van der Waals surface area (Å²) < 4.78 is 0. The molecule has 6 nitrogen and oxygen atoms in total. The van der Waals surface area contributed by atoms with Crippen molar-refractivity contribution < 1.29 is 15.0 Å². The smallest absolute Gasteiger partial charge is 0.216 e. The van der Waals surface area contributed by atoms with E-state index in [1.54, 1.807) is 18.5 Å². The van der Waals surface area contributed by atoms with Crippen LogP contribution in [0.1, 0.15) is 25.0 Å². The Morgan fingerprint density at radius 3 is 3.00 bits per heavy atom. The van der Waals surface area contributed by atoms with Crippen LogP contribution < -0.4 is 5.32 Å². The number of aliphatic hydroxyl groups excluding tert-OH is 2. The van der Waals surface area contributed by atoms with Crippen molar-refractivity contribution >= 4 is 28.5 Å². The fraction of sp³-hybridized carbons (Fsp3) is 0.385. The van der Waals surface area contributed by atoms with Gasteiger partial charge in [0.2, 0.25) is 5.91 Å². The second-order valence-corrected chi connectivity index (χ2v) is 4.95. The van der Waals surface area contributed by atoms with Gasteiger partial charge >= 0.3 is 0 Å². The van der Waals surface area contributed by atoms with Gasteiger partial charge in [-0.1, -0.05) is 11.6 Å². The Kier molecular flexibility index (Phi) is 4.59. The van der Waals surface area contributed by atoms with Gasteiger partial charge in [0.05, 0.1) is 11.1 Å². The molecule has 108 valence electrons.